The monoisotopic (exact) mass is 197 g/mol. The van der Waals surface area contributed by atoms with Crippen LogP contribution in [0.25, 0.3) is 0 Å². The van der Waals surface area contributed by atoms with Crippen molar-refractivity contribution < 1.29 is 13.9 Å². The van der Waals surface area contributed by atoms with Crippen LogP contribution in [0.3, 0.4) is 0 Å². The van der Waals surface area contributed by atoms with Gasteiger partial charge < -0.3 is 9.47 Å². The molecule has 1 aromatic rings. The van der Waals surface area contributed by atoms with E-state index in [1.807, 2.05) is 6.92 Å². The van der Waals surface area contributed by atoms with E-state index in [1.165, 1.54) is 0 Å². The molecular formula is C11H14FO2. The van der Waals surface area contributed by atoms with Gasteiger partial charge in [0, 0.05) is 6.61 Å². The van der Waals surface area contributed by atoms with Gasteiger partial charge in [0.25, 0.3) is 0 Å². The van der Waals surface area contributed by atoms with Gasteiger partial charge in [-0.2, -0.15) is 0 Å². The summed E-state index contributed by atoms with van der Waals surface area (Å²) in [6.45, 7) is 5.06. The molecule has 0 atom stereocenters. The van der Waals surface area contributed by atoms with Gasteiger partial charge in [0.05, 0.1) is 6.61 Å². The quantitative estimate of drug-likeness (QED) is 0.674. The van der Waals surface area contributed by atoms with Gasteiger partial charge in [-0.15, -0.1) is 0 Å². The van der Waals surface area contributed by atoms with E-state index in [9.17, 15) is 4.39 Å². The number of benzene rings is 1. The Morgan fingerprint density at radius 2 is 2.21 bits per heavy atom. The summed E-state index contributed by atoms with van der Waals surface area (Å²) in [4.78, 5) is 0. The van der Waals surface area contributed by atoms with E-state index in [-0.39, 0.29) is 11.6 Å². The van der Waals surface area contributed by atoms with Gasteiger partial charge >= 0.3 is 0 Å². The van der Waals surface area contributed by atoms with Crippen LogP contribution >= 0.6 is 0 Å². The molecule has 2 nitrogen and oxygen atoms in total. The van der Waals surface area contributed by atoms with E-state index in [1.54, 1.807) is 19.1 Å². The second kappa shape index (κ2) is 5.60. The fourth-order valence-electron chi connectivity index (χ4n) is 1.03. The van der Waals surface area contributed by atoms with Crippen LogP contribution in [0.4, 0.5) is 4.39 Å². The van der Waals surface area contributed by atoms with E-state index in [4.69, 9.17) is 9.47 Å². The summed E-state index contributed by atoms with van der Waals surface area (Å²) in [5, 5.41) is 0. The Bertz CT molecular complexity index is 287. The molecular weight excluding hydrogens is 183 g/mol. The van der Waals surface area contributed by atoms with Gasteiger partial charge in [0.15, 0.2) is 11.6 Å². The lowest BCUT2D eigenvalue weighted by Gasteiger charge is -2.07. The Morgan fingerprint density at radius 1 is 1.43 bits per heavy atom. The lowest BCUT2D eigenvalue weighted by atomic mass is 10.2. The van der Waals surface area contributed by atoms with Gasteiger partial charge in [-0.05, 0) is 31.5 Å². The molecule has 0 fully saturated rings. The first-order chi connectivity index (χ1) is 6.75. The first kappa shape index (κ1) is 11.0. The molecule has 0 aliphatic rings. The van der Waals surface area contributed by atoms with Crippen molar-refractivity contribution in [3.05, 3.63) is 29.6 Å². The summed E-state index contributed by atoms with van der Waals surface area (Å²) in [6.07, 6.45) is 0. The standard InChI is InChI=1S/C11H14FO2/c1-3-13-7-8-14-10-6-4-5-9(2)11(10)12/h4,6H,3,7-8H2,1-2H3. The number of aryl methyl sites for hydroxylation is 1. The van der Waals surface area contributed by atoms with Gasteiger partial charge in [0.2, 0.25) is 0 Å². The van der Waals surface area contributed by atoms with Gasteiger partial charge in [-0.1, -0.05) is 6.07 Å². The molecule has 0 amide bonds. The zero-order valence-electron chi connectivity index (χ0n) is 8.47. The van der Waals surface area contributed by atoms with Crippen molar-refractivity contribution in [3.63, 3.8) is 0 Å². The lowest BCUT2D eigenvalue weighted by Crippen LogP contribution is -2.07. The number of hydrogen-bond acceptors (Lipinski definition) is 2. The highest BCUT2D eigenvalue weighted by Crippen LogP contribution is 2.18. The third-order valence-corrected chi connectivity index (χ3v) is 1.77. The fourth-order valence-corrected chi connectivity index (χ4v) is 1.03. The maximum absolute atomic E-state index is 13.3. The van der Waals surface area contributed by atoms with Gasteiger partial charge in [-0.25, -0.2) is 4.39 Å². The summed E-state index contributed by atoms with van der Waals surface area (Å²) in [6, 6.07) is 5.97. The minimum atomic E-state index is -0.344. The molecule has 0 bridgehead atoms. The minimum absolute atomic E-state index is 0.265. The van der Waals surface area contributed by atoms with E-state index >= 15 is 0 Å². The van der Waals surface area contributed by atoms with Crippen molar-refractivity contribution in [3.8, 4) is 5.75 Å². The number of ether oxygens (including phenoxy) is 2. The Labute approximate surface area is 83.6 Å². The lowest BCUT2D eigenvalue weighted by molar-refractivity contribution is 0.108. The predicted octanol–water partition coefficient (Wildman–Crippen LogP) is 2.35. The van der Waals surface area contributed by atoms with Gasteiger partial charge in [-0.3, -0.25) is 0 Å². The topological polar surface area (TPSA) is 18.5 Å². The number of hydrogen-bond donors (Lipinski definition) is 0. The molecule has 0 aliphatic carbocycles. The van der Waals surface area contributed by atoms with E-state index in [0.29, 0.717) is 25.4 Å². The summed E-state index contributed by atoms with van der Waals surface area (Å²) in [7, 11) is 0. The van der Waals surface area contributed by atoms with Crippen molar-refractivity contribution in [2.75, 3.05) is 19.8 Å². The second-order valence-corrected chi connectivity index (χ2v) is 2.83. The highest BCUT2D eigenvalue weighted by Gasteiger charge is 2.04. The van der Waals surface area contributed by atoms with Gasteiger partial charge in [0.1, 0.15) is 6.61 Å². The molecule has 0 saturated heterocycles. The van der Waals surface area contributed by atoms with Crippen molar-refractivity contribution in [2.45, 2.75) is 13.8 Å². The van der Waals surface area contributed by atoms with E-state index in [2.05, 4.69) is 6.07 Å². The zero-order chi connectivity index (χ0) is 10.4. The molecule has 0 spiro atoms. The molecule has 0 saturated carbocycles. The summed E-state index contributed by atoms with van der Waals surface area (Å²) >= 11 is 0. The molecule has 0 aromatic heterocycles. The van der Waals surface area contributed by atoms with Crippen molar-refractivity contribution >= 4 is 0 Å². The third-order valence-electron chi connectivity index (χ3n) is 1.77. The Kier molecular flexibility index (Phi) is 4.40. The summed E-state index contributed by atoms with van der Waals surface area (Å²) < 4.78 is 23.6. The number of rotatable bonds is 5. The highest BCUT2D eigenvalue weighted by atomic mass is 19.1. The van der Waals surface area contributed by atoms with Crippen molar-refractivity contribution in [1.29, 1.82) is 0 Å². The van der Waals surface area contributed by atoms with Crippen LogP contribution in [0, 0.1) is 18.8 Å². The minimum Gasteiger partial charge on any atom is -0.488 e. The highest BCUT2D eigenvalue weighted by molar-refractivity contribution is 5.29. The van der Waals surface area contributed by atoms with E-state index < -0.39 is 0 Å². The SMILES string of the molecule is CCOCCOc1cc[c]c(C)c1F. The molecule has 1 aromatic carbocycles. The molecule has 0 aliphatic heterocycles. The molecule has 0 heterocycles. The second-order valence-electron chi connectivity index (χ2n) is 2.83. The van der Waals surface area contributed by atoms with Crippen LogP contribution in [0.5, 0.6) is 5.75 Å². The van der Waals surface area contributed by atoms with Crippen molar-refractivity contribution in [1.82, 2.24) is 0 Å². The zero-order valence-corrected chi connectivity index (χ0v) is 8.47. The smallest absolute Gasteiger partial charge is 0.168 e. The molecule has 77 valence electrons. The first-order valence-corrected chi connectivity index (χ1v) is 4.63. The predicted molar refractivity (Wildman–Crippen MR) is 52.0 cm³/mol. The van der Waals surface area contributed by atoms with Crippen LogP contribution < -0.4 is 4.74 Å². The van der Waals surface area contributed by atoms with Crippen LogP contribution in [-0.2, 0) is 4.74 Å². The summed E-state index contributed by atoms with van der Waals surface area (Å²) in [5.74, 6) is -0.0787. The largest absolute Gasteiger partial charge is 0.488 e. The average molecular weight is 197 g/mol. The third kappa shape index (κ3) is 3.00. The molecule has 14 heavy (non-hydrogen) atoms. The molecule has 1 rings (SSSR count). The fraction of sp³-hybridized carbons (Fsp3) is 0.455. The average Bonchev–Trinajstić information content (AvgIpc) is 2.19. The normalized spacial score (nSPS) is 10.2. The van der Waals surface area contributed by atoms with Crippen LogP contribution in [0.15, 0.2) is 12.1 Å². The van der Waals surface area contributed by atoms with Crippen LogP contribution in [-0.4, -0.2) is 19.8 Å². The van der Waals surface area contributed by atoms with Crippen LogP contribution in [0.1, 0.15) is 12.5 Å². The first-order valence-electron chi connectivity index (χ1n) is 4.63. The summed E-state index contributed by atoms with van der Waals surface area (Å²) in [5.41, 5.74) is 0.471. The number of halogens is 1. The van der Waals surface area contributed by atoms with E-state index in [0.717, 1.165) is 0 Å². The molecule has 3 heteroatoms. The molecule has 0 unspecified atom stereocenters. The maximum atomic E-state index is 13.3. The molecule has 1 radical (unpaired) electrons. The van der Waals surface area contributed by atoms with Crippen molar-refractivity contribution in [2.24, 2.45) is 0 Å². The maximum Gasteiger partial charge on any atom is 0.168 e. The molecule has 0 N–H and O–H groups in total. The Hall–Kier alpha value is -1.09. The van der Waals surface area contributed by atoms with Crippen LogP contribution in [0.2, 0.25) is 0 Å². The Balaban J connectivity index is 2.46. The Morgan fingerprint density at radius 3 is 2.93 bits per heavy atom.